The summed E-state index contributed by atoms with van der Waals surface area (Å²) in [7, 11) is 1.63. The topological polar surface area (TPSA) is 104 Å². The third-order valence-corrected chi connectivity index (χ3v) is 5.50. The van der Waals surface area contributed by atoms with Gasteiger partial charge < -0.3 is 9.47 Å². The molecule has 1 amide bonds. The highest BCUT2D eigenvalue weighted by Crippen LogP contribution is 2.33. The van der Waals surface area contributed by atoms with Crippen molar-refractivity contribution in [3.63, 3.8) is 0 Å². The minimum absolute atomic E-state index is 0.247. The van der Waals surface area contributed by atoms with E-state index in [1.54, 1.807) is 36.1 Å². The number of rotatable bonds is 8. The first kappa shape index (κ1) is 21.4. The van der Waals surface area contributed by atoms with Gasteiger partial charge in [-0.15, -0.1) is 16.4 Å². The van der Waals surface area contributed by atoms with Crippen molar-refractivity contribution in [3.8, 4) is 22.8 Å². The van der Waals surface area contributed by atoms with Crippen LogP contribution in [0.5, 0.6) is 11.5 Å². The highest BCUT2D eigenvalue weighted by atomic mass is 32.1. The Morgan fingerprint density at radius 2 is 2.00 bits per heavy atom. The molecule has 0 bridgehead atoms. The number of carbonyl (C=O) groups is 1. The SMILES string of the molecule is CCn1nnnc1COc1ccc(C(=O)Nc2nc(-c3cc(C)ccc3OC)cs2)cc1. The molecule has 0 aliphatic heterocycles. The minimum atomic E-state index is -0.247. The first-order valence-corrected chi connectivity index (χ1v) is 10.8. The Bertz CT molecular complexity index is 1220. The maximum atomic E-state index is 12.6. The van der Waals surface area contributed by atoms with Crippen LogP contribution in [0.25, 0.3) is 11.3 Å². The summed E-state index contributed by atoms with van der Waals surface area (Å²) in [5, 5.41) is 16.7. The van der Waals surface area contributed by atoms with E-state index in [2.05, 4.69) is 25.8 Å². The van der Waals surface area contributed by atoms with Crippen LogP contribution in [0.4, 0.5) is 5.13 Å². The molecule has 0 aliphatic carbocycles. The molecule has 1 N–H and O–H groups in total. The molecule has 32 heavy (non-hydrogen) atoms. The highest BCUT2D eigenvalue weighted by molar-refractivity contribution is 7.14. The van der Waals surface area contributed by atoms with Crippen molar-refractivity contribution in [2.45, 2.75) is 27.0 Å². The second kappa shape index (κ2) is 9.56. The van der Waals surface area contributed by atoms with Crippen LogP contribution in [0.15, 0.2) is 47.8 Å². The number of nitrogens with zero attached hydrogens (tertiary/aromatic N) is 5. The van der Waals surface area contributed by atoms with Gasteiger partial charge in [0.25, 0.3) is 5.91 Å². The monoisotopic (exact) mass is 450 g/mol. The fourth-order valence-electron chi connectivity index (χ4n) is 3.07. The van der Waals surface area contributed by atoms with Crippen LogP contribution < -0.4 is 14.8 Å². The fourth-order valence-corrected chi connectivity index (χ4v) is 3.77. The van der Waals surface area contributed by atoms with Gasteiger partial charge in [0.15, 0.2) is 11.0 Å². The summed E-state index contributed by atoms with van der Waals surface area (Å²) in [6, 6.07) is 12.8. The lowest BCUT2D eigenvalue weighted by Gasteiger charge is -2.07. The zero-order chi connectivity index (χ0) is 22.5. The zero-order valence-corrected chi connectivity index (χ0v) is 18.7. The molecule has 164 valence electrons. The molecular formula is C22H22N6O3S. The number of amides is 1. The normalized spacial score (nSPS) is 10.7. The number of nitrogens with one attached hydrogen (secondary N) is 1. The fraction of sp³-hybridized carbons (Fsp3) is 0.227. The lowest BCUT2D eigenvalue weighted by molar-refractivity contribution is 0.102. The van der Waals surface area contributed by atoms with E-state index in [0.29, 0.717) is 28.8 Å². The number of benzene rings is 2. The van der Waals surface area contributed by atoms with E-state index in [9.17, 15) is 4.79 Å². The minimum Gasteiger partial charge on any atom is -0.496 e. The van der Waals surface area contributed by atoms with E-state index in [-0.39, 0.29) is 12.5 Å². The van der Waals surface area contributed by atoms with Crippen LogP contribution >= 0.6 is 11.3 Å². The van der Waals surface area contributed by atoms with Crippen molar-refractivity contribution in [3.05, 3.63) is 64.8 Å². The second-order valence-electron chi connectivity index (χ2n) is 6.92. The Hall–Kier alpha value is -3.79. The molecule has 0 aliphatic rings. The Balaban J connectivity index is 1.40. The van der Waals surface area contributed by atoms with Crippen LogP contribution in [0, 0.1) is 6.92 Å². The Morgan fingerprint density at radius 3 is 2.75 bits per heavy atom. The summed E-state index contributed by atoms with van der Waals surface area (Å²) in [5.74, 6) is 1.75. The summed E-state index contributed by atoms with van der Waals surface area (Å²) < 4.78 is 12.8. The van der Waals surface area contributed by atoms with Crippen molar-refractivity contribution in [1.29, 1.82) is 0 Å². The van der Waals surface area contributed by atoms with Crippen LogP contribution in [-0.2, 0) is 13.2 Å². The number of methoxy groups -OCH3 is 1. The molecule has 9 nitrogen and oxygen atoms in total. The molecule has 0 radical (unpaired) electrons. The van der Waals surface area contributed by atoms with Crippen molar-refractivity contribution >= 4 is 22.4 Å². The molecule has 2 heterocycles. The van der Waals surface area contributed by atoms with Gasteiger partial charge in [-0.1, -0.05) is 11.6 Å². The number of tetrazole rings is 1. The van der Waals surface area contributed by atoms with Gasteiger partial charge in [-0.2, -0.15) is 0 Å². The van der Waals surface area contributed by atoms with E-state index in [4.69, 9.17) is 9.47 Å². The van der Waals surface area contributed by atoms with Crippen molar-refractivity contribution in [2.75, 3.05) is 12.4 Å². The molecule has 4 aromatic rings. The predicted octanol–water partition coefficient (Wildman–Crippen LogP) is 3.96. The van der Waals surface area contributed by atoms with Gasteiger partial charge in [-0.25, -0.2) is 9.67 Å². The van der Waals surface area contributed by atoms with Gasteiger partial charge >= 0.3 is 0 Å². The average Bonchev–Trinajstić information content (AvgIpc) is 3.47. The second-order valence-corrected chi connectivity index (χ2v) is 7.78. The molecule has 0 fully saturated rings. The Morgan fingerprint density at radius 1 is 1.19 bits per heavy atom. The Kier molecular flexibility index (Phi) is 6.41. The third kappa shape index (κ3) is 4.75. The van der Waals surface area contributed by atoms with Crippen LogP contribution in [0.3, 0.4) is 0 Å². The molecular weight excluding hydrogens is 428 g/mol. The number of ether oxygens (including phenoxy) is 2. The summed E-state index contributed by atoms with van der Waals surface area (Å²) in [6.07, 6.45) is 0. The summed E-state index contributed by atoms with van der Waals surface area (Å²) >= 11 is 1.36. The molecule has 2 aromatic carbocycles. The molecule has 4 rings (SSSR count). The van der Waals surface area contributed by atoms with Crippen LogP contribution in [-0.4, -0.2) is 38.2 Å². The first-order chi connectivity index (χ1) is 15.6. The van der Waals surface area contributed by atoms with E-state index < -0.39 is 0 Å². The number of hydrogen-bond acceptors (Lipinski definition) is 8. The molecule has 0 saturated carbocycles. The average molecular weight is 451 g/mol. The summed E-state index contributed by atoms with van der Waals surface area (Å²) in [6.45, 7) is 4.88. The number of aromatic nitrogens is 5. The zero-order valence-electron chi connectivity index (χ0n) is 17.9. The van der Waals surface area contributed by atoms with Gasteiger partial charge in [0, 0.05) is 23.1 Å². The van der Waals surface area contributed by atoms with E-state index in [0.717, 1.165) is 22.6 Å². The smallest absolute Gasteiger partial charge is 0.257 e. The summed E-state index contributed by atoms with van der Waals surface area (Å²) in [5.41, 5.74) is 3.25. The standard InChI is InChI=1S/C22H22N6O3S/c1-4-28-20(25-26-27-28)12-31-16-8-6-15(7-9-16)21(29)24-22-23-18(13-32-22)17-11-14(2)5-10-19(17)30-3/h5-11,13H,4,12H2,1-3H3,(H,23,24,29). The van der Waals surface area contributed by atoms with E-state index in [1.807, 2.05) is 37.4 Å². The third-order valence-electron chi connectivity index (χ3n) is 4.75. The lowest BCUT2D eigenvalue weighted by Crippen LogP contribution is -2.11. The Labute approximate surface area is 189 Å². The highest BCUT2D eigenvalue weighted by Gasteiger charge is 2.13. The molecule has 0 unspecified atom stereocenters. The lowest BCUT2D eigenvalue weighted by atomic mass is 10.1. The van der Waals surface area contributed by atoms with Gasteiger partial charge in [0.05, 0.1) is 12.8 Å². The predicted molar refractivity (Wildman–Crippen MR) is 121 cm³/mol. The van der Waals surface area contributed by atoms with E-state index >= 15 is 0 Å². The number of hydrogen-bond donors (Lipinski definition) is 1. The molecule has 10 heteroatoms. The summed E-state index contributed by atoms with van der Waals surface area (Å²) in [4.78, 5) is 17.2. The molecule has 0 saturated heterocycles. The first-order valence-electron chi connectivity index (χ1n) is 9.97. The van der Waals surface area contributed by atoms with Gasteiger partial charge in [-0.05, 0) is 60.7 Å². The molecule has 0 atom stereocenters. The maximum absolute atomic E-state index is 12.6. The van der Waals surface area contributed by atoms with Gasteiger partial charge in [0.1, 0.15) is 18.1 Å². The number of carbonyl (C=O) groups excluding carboxylic acids is 1. The number of anilines is 1. The van der Waals surface area contributed by atoms with Crippen molar-refractivity contribution in [2.24, 2.45) is 0 Å². The number of thiazole rings is 1. The van der Waals surface area contributed by atoms with Crippen molar-refractivity contribution < 1.29 is 14.3 Å². The largest absolute Gasteiger partial charge is 0.496 e. The maximum Gasteiger partial charge on any atom is 0.257 e. The van der Waals surface area contributed by atoms with Crippen LogP contribution in [0.2, 0.25) is 0 Å². The number of aryl methyl sites for hydroxylation is 2. The molecule has 2 aromatic heterocycles. The van der Waals surface area contributed by atoms with Gasteiger partial charge in [-0.3, -0.25) is 10.1 Å². The van der Waals surface area contributed by atoms with Crippen LogP contribution in [0.1, 0.15) is 28.7 Å². The van der Waals surface area contributed by atoms with Gasteiger partial charge in [0.2, 0.25) is 0 Å². The molecule has 0 spiro atoms. The van der Waals surface area contributed by atoms with E-state index in [1.165, 1.54) is 11.3 Å². The van der Waals surface area contributed by atoms with Crippen molar-refractivity contribution in [1.82, 2.24) is 25.2 Å². The quantitative estimate of drug-likeness (QED) is 0.433.